The number of hydrogen-bond donors (Lipinski definition) is 2. The van der Waals surface area contributed by atoms with Crippen LogP contribution in [-0.4, -0.2) is 32.5 Å². The third-order valence-corrected chi connectivity index (χ3v) is 2.85. The lowest BCUT2D eigenvalue weighted by Crippen LogP contribution is -2.43. The molecule has 0 saturated carbocycles. The van der Waals surface area contributed by atoms with Gasteiger partial charge in [-0.05, 0) is 31.5 Å². The van der Waals surface area contributed by atoms with E-state index in [1.165, 1.54) is 14.2 Å². The first kappa shape index (κ1) is 14.5. The fourth-order valence-corrected chi connectivity index (χ4v) is 1.76. The van der Waals surface area contributed by atoms with E-state index in [0.29, 0.717) is 11.3 Å². The van der Waals surface area contributed by atoms with Gasteiger partial charge in [0.2, 0.25) is 0 Å². The first-order valence-electron chi connectivity index (χ1n) is 5.72. The average Bonchev–Trinajstić information content (AvgIpc) is 2.34. The Morgan fingerprint density at radius 3 is 2.50 bits per heavy atom. The van der Waals surface area contributed by atoms with E-state index in [1.807, 2.05) is 13.8 Å². The molecule has 0 aromatic heterocycles. The number of methoxy groups -OCH3 is 2. The summed E-state index contributed by atoms with van der Waals surface area (Å²) in [5.41, 5.74) is 7.71. The Bertz CT molecular complexity index is 417. The van der Waals surface area contributed by atoms with Gasteiger partial charge in [0.1, 0.15) is 0 Å². The van der Waals surface area contributed by atoms with Crippen LogP contribution in [0, 0.1) is 6.92 Å². The van der Waals surface area contributed by atoms with Gasteiger partial charge < -0.3 is 20.5 Å². The highest BCUT2D eigenvalue weighted by molar-refractivity contribution is 5.97. The summed E-state index contributed by atoms with van der Waals surface area (Å²) < 4.78 is 10.2. The lowest BCUT2D eigenvalue weighted by atomic mass is 10.1. The fourth-order valence-electron chi connectivity index (χ4n) is 1.76. The third-order valence-electron chi connectivity index (χ3n) is 2.85. The first-order valence-corrected chi connectivity index (χ1v) is 5.72. The van der Waals surface area contributed by atoms with Crippen molar-refractivity contribution in [3.05, 3.63) is 29.3 Å². The van der Waals surface area contributed by atoms with Gasteiger partial charge in [0.05, 0.1) is 6.04 Å². The van der Waals surface area contributed by atoms with E-state index < -0.39 is 6.29 Å². The molecule has 0 bridgehead atoms. The average molecular weight is 252 g/mol. The number of hydrogen-bond acceptors (Lipinski definition) is 4. The molecule has 0 saturated heterocycles. The Kier molecular flexibility index (Phi) is 5.12. The molecule has 0 aliphatic heterocycles. The van der Waals surface area contributed by atoms with Crippen molar-refractivity contribution >= 4 is 11.6 Å². The van der Waals surface area contributed by atoms with E-state index in [2.05, 4.69) is 5.32 Å². The van der Waals surface area contributed by atoms with Crippen molar-refractivity contribution in [2.45, 2.75) is 26.2 Å². The summed E-state index contributed by atoms with van der Waals surface area (Å²) >= 11 is 0. The molecule has 1 atom stereocenters. The molecule has 0 heterocycles. The number of rotatable bonds is 5. The lowest BCUT2D eigenvalue weighted by Gasteiger charge is -2.22. The second kappa shape index (κ2) is 6.37. The van der Waals surface area contributed by atoms with E-state index in [4.69, 9.17) is 15.2 Å². The summed E-state index contributed by atoms with van der Waals surface area (Å²) in [5.74, 6) is -0.189. The van der Waals surface area contributed by atoms with E-state index in [-0.39, 0.29) is 11.9 Å². The van der Waals surface area contributed by atoms with Crippen molar-refractivity contribution in [3.63, 3.8) is 0 Å². The van der Waals surface area contributed by atoms with Gasteiger partial charge in [-0.2, -0.15) is 0 Å². The van der Waals surface area contributed by atoms with Crippen LogP contribution >= 0.6 is 0 Å². The fraction of sp³-hybridized carbons (Fsp3) is 0.462. The maximum atomic E-state index is 12.1. The van der Waals surface area contributed by atoms with Crippen LogP contribution in [0.4, 0.5) is 5.69 Å². The van der Waals surface area contributed by atoms with Gasteiger partial charge in [0.25, 0.3) is 5.91 Å². The van der Waals surface area contributed by atoms with Gasteiger partial charge in [0.15, 0.2) is 6.29 Å². The van der Waals surface area contributed by atoms with E-state index in [1.54, 1.807) is 18.2 Å². The number of carbonyl (C=O) groups is 1. The van der Waals surface area contributed by atoms with Crippen molar-refractivity contribution < 1.29 is 14.3 Å². The third kappa shape index (κ3) is 3.21. The maximum absolute atomic E-state index is 12.1. The summed E-state index contributed by atoms with van der Waals surface area (Å²) in [6.45, 7) is 3.64. The number of nitrogens with one attached hydrogen (secondary N) is 1. The van der Waals surface area contributed by atoms with Crippen LogP contribution in [0.25, 0.3) is 0 Å². The molecule has 100 valence electrons. The van der Waals surface area contributed by atoms with Crippen molar-refractivity contribution in [1.82, 2.24) is 5.32 Å². The second-order valence-corrected chi connectivity index (χ2v) is 4.12. The lowest BCUT2D eigenvalue weighted by molar-refractivity contribution is -0.117. The zero-order valence-electron chi connectivity index (χ0n) is 11.2. The standard InChI is InChI=1S/C13H20N2O3/c1-8-10(6-5-7-11(8)14)12(16)15-9(2)13(17-3)18-4/h5-7,9,13H,14H2,1-4H3,(H,15,16). The molecule has 1 unspecified atom stereocenters. The van der Waals surface area contributed by atoms with Crippen LogP contribution in [0.2, 0.25) is 0 Å². The minimum Gasteiger partial charge on any atom is -0.398 e. The number of nitrogens with two attached hydrogens (primary N) is 1. The van der Waals surface area contributed by atoms with Crippen LogP contribution < -0.4 is 11.1 Å². The van der Waals surface area contributed by atoms with Crippen LogP contribution in [0.1, 0.15) is 22.8 Å². The molecule has 1 aromatic rings. The second-order valence-electron chi connectivity index (χ2n) is 4.12. The highest BCUT2D eigenvalue weighted by Crippen LogP contribution is 2.15. The Morgan fingerprint density at radius 1 is 1.33 bits per heavy atom. The van der Waals surface area contributed by atoms with Crippen molar-refractivity contribution in [2.24, 2.45) is 0 Å². The topological polar surface area (TPSA) is 73.6 Å². The van der Waals surface area contributed by atoms with Crippen LogP contribution in [0.15, 0.2) is 18.2 Å². The highest BCUT2D eigenvalue weighted by atomic mass is 16.7. The molecule has 0 aliphatic carbocycles. The zero-order valence-corrected chi connectivity index (χ0v) is 11.2. The minimum absolute atomic E-state index is 0.189. The number of benzene rings is 1. The van der Waals surface area contributed by atoms with Gasteiger partial charge >= 0.3 is 0 Å². The predicted octanol–water partition coefficient (Wildman–Crippen LogP) is 1.31. The number of amides is 1. The molecule has 1 amide bonds. The maximum Gasteiger partial charge on any atom is 0.252 e. The molecule has 1 rings (SSSR count). The van der Waals surface area contributed by atoms with Gasteiger partial charge in [-0.25, -0.2) is 0 Å². The largest absolute Gasteiger partial charge is 0.398 e. The SMILES string of the molecule is COC(OC)C(C)NC(=O)c1cccc(N)c1C. The molecule has 18 heavy (non-hydrogen) atoms. The number of ether oxygens (including phenoxy) is 2. The number of nitrogen functional groups attached to an aromatic ring is 1. The highest BCUT2D eigenvalue weighted by Gasteiger charge is 2.19. The predicted molar refractivity (Wildman–Crippen MR) is 70.3 cm³/mol. The Labute approximate surface area is 107 Å². The molecule has 5 nitrogen and oxygen atoms in total. The first-order chi connectivity index (χ1) is 8.51. The van der Waals surface area contributed by atoms with Crippen molar-refractivity contribution in [1.29, 1.82) is 0 Å². The van der Waals surface area contributed by atoms with Crippen molar-refractivity contribution in [3.8, 4) is 0 Å². The molecule has 0 aliphatic rings. The normalized spacial score (nSPS) is 12.5. The minimum atomic E-state index is -0.477. The van der Waals surface area contributed by atoms with Gasteiger partial charge in [-0.15, -0.1) is 0 Å². The molecular formula is C13H20N2O3. The van der Waals surface area contributed by atoms with E-state index >= 15 is 0 Å². The van der Waals surface area contributed by atoms with Gasteiger partial charge in [-0.1, -0.05) is 6.07 Å². The smallest absolute Gasteiger partial charge is 0.252 e. The molecule has 0 radical (unpaired) electrons. The summed E-state index contributed by atoms with van der Waals surface area (Å²) in [5, 5.41) is 2.82. The Balaban J connectivity index is 2.79. The van der Waals surface area contributed by atoms with Gasteiger partial charge in [-0.3, -0.25) is 4.79 Å². The number of anilines is 1. The molecule has 1 aromatic carbocycles. The molecule has 0 spiro atoms. The zero-order chi connectivity index (χ0) is 13.7. The molecule has 5 heteroatoms. The van der Waals surface area contributed by atoms with E-state index in [0.717, 1.165) is 5.56 Å². The summed E-state index contributed by atoms with van der Waals surface area (Å²) in [6.07, 6.45) is -0.477. The van der Waals surface area contributed by atoms with E-state index in [9.17, 15) is 4.79 Å². The Morgan fingerprint density at radius 2 is 1.94 bits per heavy atom. The number of carbonyl (C=O) groups excluding carboxylic acids is 1. The van der Waals surface area contributed by atoms with Crippen LogP contribution in [-0.2, 0) is 9.47 Å². The molecule has 0 fully saturated rings. The van der Waals surface area contributed by atoms with Crippen molar-refractivity contribution in [2.75, 3.05) is 20.0 Å². The molecule has 3 N–H and O–H groups in total. The monoisotopic (exact) mass is 252 g/mol. The summed E-state index contributed by atoms with van der Waals surface area (Å²) in [7, 11) is 3.06. The van der Waals surface area contributed by atoms with Crippen LogP contribution in [0.5, 0.6) is 0 Å². The summed E-state index contributed by atoms with van der Waals surface area (Å²) in [4.78, 5) is 12.1. The quantitative estimate of drug-likeness (QED) is 0.612. The van der Waals surface area contributed by atoms with Gasteiger partial charge in [0, 0.05) is 25.5 Å². The van der Waals surface area contributed by atoms with Crippen LogP contribution in [0.3, 0.4) is 0 Å². The molecular weight excluding hydrogens is 232 g/mol. The Hall–Kier alpha value is -1.59. The summed E-state index contributed by atoms with van der Waals surface area (Å²) in [6, 6.07) is 5.00.